The van der Waals surface area contributed by atoms with E-state index >= 15 is 0 Å². The number of carboxylic acid groups (broad SMARTS) is 1. The van der Waals surface area contributed by atoms with E-state index in [-0.39, 0.29) is 17.6 Å². The van der Waals surface area contributed by atoms with Crippen molar-refractivity contribution < 1.29 is 14.7 Å². The van der Waals surface area contributed by atoms with Gasteiger partial charge in [0.1, 0.15) is 10.7 Å². The third-order valence-corrected chi connectivity index (χ3v) is 6.35. The number of aromatic nitrogens is 2. The van der Waals surface area contributed by atoms with E-state index in [4.69, 9.17) is 0 Å². The van der Waals surface area contributed by atoms with Gasteiger partial charge in [0.05, 0.1) is 6.04 Å². The van der Waals surface area contributed by atoms with Gasteiger partial charge in [0.15, 0.2) is 4.34 Å². The number of aliphatic carboxylic acids is 1. The molecule has 2 aliphatic heterocycles. The summed E-state index contributed by atoms with van der Waals surface area (Å²) in [5, 5.41) is 18.2. The minimum Gasteiger partial charge on any atom is -0.477 e. The molecule has 1 atom stereocenters. The highest BCUT2D eigenvalue weighted by Crippen LogP contribution is 2.39. The minimum absolute atomic E-state index is 0.0412. The van der Waals surface area contributed by atoms with Crippen LogP contribution in [0, 0.1) is 6.92 Å². The highest BCUT2D eigenvalue weighted by atomic mass is 32.2. The number of nitrogens with zero attached hydrogens (tertiary/aromatic N) is 3. The number of amides is 1. The molecule has 3 rings (SSSR count). The number of aryl methyl sites for hydroxylation is 1. The lowest BCUT2D eigenvalue weighted by molar-refractivity contribution is -0.148. The Morgan fingerprint density at radius 2 is 2.36 bits per heavy atom. The van der Waals surface area contributed by atoms with Gasteiger partial charge in [-0.25, -0.2) is 4.79 Å². The molecule has 0 radical (unpaired) electrons. The fourth-order valence-electron chi connectivity index (χ4n) is 2.24. The van der Waals surface area contributed by atoms with E-state index in [0.717, 1.165) is 15.1 Å². The van der Waals surface area contributed by atoms with Gasteiger partial charge in [-0.05, 0) is 13.0 Å². The Bertz CT molecular complexity index is 683. The van der Waals surface area contributed by atoms with E-state index in [1.165, 1.54) is 28.0 Å². The molecule has 0 aromatic carbocycles. The zero-order valence-corrected chi connectivity index (χ0v) is 14.1. The predicted octanol–water partition coefficient (Wildman–Crippen LogP) is 2.14. The zero-order valence-electron chi connectivity index (χ0n) is 11.7. The van der Waals surface area contributed by atoms with Crippen LogP contribution in [-0.4, -0.2) is 49.6 Å². The molecule has 9 heteroatoms. The van der Waals surface area contributed by atoms with Crippen LogP contribution in [0.3, 0.4) is 0 Å². The first kappa shape index (κ1) is 15.6. The van der Waals surface area contributed by atoms with Gasteiger partial charge >= 0.3 is 5.97 Å². The number of hydrogen-bond acceptors (Lipinski definition) is 7. The Kier molecular flexibility index (Phi) is 4.55. The number of rotatable bonds is 5. The second-order valence-electron chi connectivity index (χ2n) is 4.75. The molecule has 1 fully saturated rings. The molecule has 6 nitrogen and oxygen atoms in total. The summed E-state index contributed by atoms with van der Waals surface area (Å²) < 4.78 is 0.892. The van der Waals surface area contributed by atoms with Crippen molar-refractivity contribution in [3.8, 4) is 0 Å². The summed E-state index contributed by atoms with van der Waals surface area (Å²) in [7, 11) is 0. The lowest BCUT2D eigenvalue weighted by atomic mass is 10.0. The maximum Gasteiger partial charge on any atom is 0.353 e. The Morgan fingerprint density at radius 3 is 3.00 bits per heavy atom. The van der Waals surface area contributed by atoms with E-state index in [2.05, 4.69) is 10.2 Å². The zero-order chi connectivity index (χ0) is 15.7. The first-order chi connectivity index (χ1) is 10.6. The van der Waals surface area contributed by atoms with Gasteiger partial charge < -0.3 is 10.0 Å². The minimum atomic E-state index is -1.04. The van der Waals surface area contributed by atoms with Gasteiger partial charge in [0, 0.05) is 22.8 Å². The summed E-state index contributed by atoms with van der Waals surface area (Å²) in [6.07, 6.45) is 4.14. The van der Waals surface area contributed by atoms with Gasteiger partial charge in [0.2, 0.25) is 5.91 Å². The van der Waals surface area contributed by atoms with Crippen molar-refractivity contribution in [2.75, 3.05) is 11.5 Å². The summed E-state index contributed by atoms with van der Waals surface area (Å²) in [6.45, 7) is 1.90. The molecule has 116 valence electrons. The van der Waals surface area contributed by atoms with Crippen molar-refractivity contribution in [3.63, 3.8) is 0 Å². The molecule has 0 spiro atoms. The third-order valence-electron chi connectivity index (χ3n) is 3.23. The standard InChI is InChI=1S/C13H13N3O3S3/c1-7-14-15-13(22-7)20-4-2-3-9-11(12(18)19)16-8(6-21-9)5-10(16)17/h2-3,8H,4-6H2,1H3,(H,18,19)/b3-2+. The Morgan fingerprint density at radius 1 is 1.55 bits per heavy atom. The van der Waals surface area contributed by atoms with Crippen molar-refractivity contribution in [2.24, 2.45) is 0 Å². The first-order valence-corrected chi connectivity index (χ1v) is 9.37. The second-order valence-corrected chi connectivity index (χ2v) is 8.26. The number of carbonyl (C=O) groups is 2. The smallest absolute Gasteiger partial charge is 0.353 e. The molecular formula is C13H13N3O3S3. The summed E-state index contributed by atoms with van der Waals surface area (Å²) in [6, 6.07) is 0.0412. The van der Waals surface area contributed by atoms with Crippen LogP contribution < -0.4 is 0 Å². The highest BCUT2D eigenvalue weighted by Gasteiger charge is 2.44. The van der Waals surface area contributed by atoms with E-state index in [1.807, 2.05) is 13.0 Å². The number of β-lactam (4-membered cyclic amide) rings is 1. The number of allylic oxidation sites excluding steroid dienone is 1. The third kappa shape index (κ3) is 3.06. The molecule has 0 saturated carbocycles. The summed E-state index contributed by atoms with van der Waals surface area (Å²) in [4.78, 5) is 25.1. The SMILES string of the molecule is Cc1nnc(SC/C=C/C2=C(C(=O)O)N3C(=O)CC3CS2)s1. The van der Waals surface area contributed by atoms with Crippen LogP contribution in [0.25, 0.3) is 0 Å². The van der Waals surface area contributed by atoms with Gasteiger partial charge in [-0.2, -0.15) is 0 Å². The summed E-state index contributed by atoms with van der Waals surface area (Å²) in [5.41, 5.74) is 0.116. The van der Waals surface area contributed by atoms with Crippen LogP contribution in [-0.2, 0) is 9.59 Å². The van der Waals surface area contributed by atoms with Gasteiger partial charge in [-0.1, -0.05) is 29.2 Å². The van der Waals surface area contributed by atoms with Crippen LogP contribution >= 0.6 is 34.9 Å². The normalized spacial score (nSPS) is 21.2. The van der Waals surface area contributed by atoms with Gasteiger partial charge in [-0.3, -0.25) is 4.79 Å². The maximum atomic E-state index is 11.6. The number of carbonyl (C=O) groups excluding carboxylic acids is 1. The van der Waals surface area contributed by atoms with Crippen LogP contribution in [0.1, 0.15) is 11.4 Å². The van der Waals surface area contributed by atoms with Crippen molar-refractivity contribution in [2.45, 2.75) is 23.7 Å². The van der Waals surface area contributed by atoms with E-state index in [1.54, 1.807) is 17.8 Å². The van der Waals surface area contributed by atoms with Crippen molar-refractivity contribution in [1.29, 1.82) is 0 Å². The molecule has 1 unspecified atom stereocenters. The average molecular weight is 355 g/mol. The number of thioether (sulfide) groups is 2. The topological polar surface area (TPSA) is 83.4 Å². The highest BCUT2D eigenvalue weighted by molar-refractivity contribution is 8.03. The predicted molar refractivity (Wildman–Crippen MR) is 86.9 cm³/mol. The lowest BCUT2D eigenvalue weighted by Crippen LogP contribution is -2.56. The second kappa shape index (κ2) is 6.43. The Labute approximate surface area is 139 Å². The molecule has 1 aromatic heterocycles. The molecule has 1 N–H and O–H groups in total. The Hall–Kier alpha value is -1.32. The molecule has 1 aromatic rings. The molecular weight excluding hydrogens is 342 g/mol. The van der Waals surface area contributed by atoms with Crippen molar-refractivity contribution >= 4 is 46.7 Å². The Balaban J connectivity index is 1.68. The number of carboxylic acids is 1. The molecule has 3 heterocycles. The largest absolute Gasteiger partial charge is 0.477 e. The van der Waals surface area contributed by atoms with E-state index in [0.29, 0.717) is 17.1 Å². The van der Waals surface area contributed by atoms with Crippen LogP contribution in [0.2, 0.25) is 0 Å². The van der Waals surface area contributed by atoms with Crippen LogP contribution in [0.4, 0.5) is 0 Å². The fourth-order valence-corrected chi connectivity index (χ4v) is 5.05. The fraction of sp³-hybridized carbons (Fsp3) is 0.385. The summed E-state index contributed by atoms with van der Waals surface area (Å²) >= 11 is 4.58. The molecule has 0 bridgehead atoms. The summed E-state index contributed by atoms with van der Waals surface area (Å²) in [5.74, 6) is 0.290. The van der Waals surface area contributed by atoms with Crippen LogP contribution in [0.5, 0.6) is 0 Å². The molecule has 1 amide bonds. The van der Waals surface area contributed by atoms with Gasteiger partial charge in [-0.15, -0.1) is 22.0 Å². The molecule has 2 aliphatic rings. The first-order valence-electron chi connectivity index (χ1n) is 6.58. The van der Waals surface area contributed by atoms with Gasteiger partial charge in [0.25, 0.3) is 0 Å². The average Bonchev–Trinajstić information content (AvgIpc) is 2.88. The number of hydrogen-bond donors (Lipinski definition) is 1. The molecule has 1 saturated heterocycles. The lowest BCUT2D eigenvalue weighted by Gasteiger charge is -2.43. The van der Waals surface area contributed by atoms with Crippen molar-refractivity contribution in [1.82, 2.24) is 15.1 Å². The van der Waals surface area contributed by atoms with Crippen molar-refractivity contribution in [3.05, 3.63) is 27.8 Å². The van der Waals surface area contributed by atoms with Crippen LogP contribution in [0.15, 0.2) is 27.1 Å². The molecule has 0 aliphatic carbocycles. The maximum absolute atomic E-state index is 11.6. The van der Waals surface area contributed by atoms with E-state index < -0.39 is 5.97 Å². The monoisotopic (exact) mass is 355 g/mol. The quantitative estimate of drug-likeness (QED) is 0.640. The number of fused-ring (bicyclic) bond motifs is 1. The molecule has 22 heavy (non-hydrogen) atoms. The van der Waals surface area contributed by atoms with E-state index in [9.17, 15) is 14.7 Å².